The van der Waals surface area contributed by atoms with Crippen molar-refractivity contribution in [2.45, 2.75) is 24.9 Å². The molecular weight excluding hydrogens is 468 g/mol. The van der Waals surface area contributed by atoms with Gasteiger partial charge in [-0.2, -0.15) is 0 Å². The lowest BCUT2D eigenvalue weighted by Gasteiger charge is -2.51. The zero-order chi connectivity index (χ0) is 17.5. The molecule has 0 saturated carbocycles. The number of amides is 1. The van der Waals surface area contributed by atoms with Gasteiger partial charge in [0.05, 0.1) is 37.1 Å². The van der Waals surface area contributed by atoms with Crippen LogP contribution in [0.15, 0.2) is 29.8 Å². The van der Waals surface area contributed by atoms with Crippen molar-refractivity contribution in [3.8, 4) is 10.4 Å². The minimum atomic E-state index is -0.452. The molecule has 1 aromatic heterocycles. The maximum Gasteiger partial charge on any atom is 0.413 e. The minimum Gasteiger partial charge on any atom is -1.00 e. The molecule has 4 heterocycles. The lowest BCUT2D eigenvalue weighted by molar-refractivity contribution is -0.926. The molecule has 5 rings (SSSR count). The molecule has 2 bridgehead atoms. The number of carbonyl (C=O) groups is 1. The van der Waals surface area contributed by atoms with Gasteiger partial charge in [-0.15, -0.1) is 11.3 Å². The molecule has 1 amide bonds. The number of aromatic nitrogens is 1. The van der Waals surface area contributed by atoms with Crippen LogP contribution >= 0.6 is 11.3 Å². The van der Waals surface area contributed by atoms with Gasteiger partial charge in [-0.05, 0) is 17.7 Å². The number of hydrogen-bond acceptors (Lipinski definition) is 4. The fourth-order valence-electron chi connectivity index (χ4n) is 3.74. The maximum atomic E-state index is 13.1. The molecule has 2 aromatic rings. The Morgan fingerprint density at radius 1 is 1.23 bits per heavy atom. The van der Waals surface area contributed by atoms with Gasteiger partial charge in [0.2, 0.25) is 0 Å². The van der Waals surface area contributed by atoms with Crippen LogP contribution in [-0.4, -0.2) is 47.8 Å². The highest BCUT2D eigenvalue weighted by atomic mass is 127. The first kappa shape index (κ1) is 19.5. The molecule has 8 heteroatoms. The van der Waals surface area contributed by atoms with E-state index in [1.807, 2.05) is 0 Å². The van der Waals surface area contributed by atoms with E-state index in [-0.39, 0.29) is 35.4 Å². The number of benzene rings is 1. The Bertz CT molecular complexity index is 771. The summed E-state index contributed by atoms with van der Waals surface area (Å²) in [7, 11) is 2.27. The number of thiazole rings is 1. The molecule has 5 nitrogen and oxygen atoms in total. The summed E-state index contributed by atoms with van der Waals surface area (Å²) in [6.07, 6.45) is 2.29. The molecule has 3 aliphatic rings. The average molecular weight is 489 g/mol. The summed E-state index contributed by atoms with van der Waals surface area (Å²) in [6, 6.07) is 6.16. The Labute approximate surface area is 173 Å². The number of anilines is 1. The molecule has 3 fully saturated rings. The zero-order valence-electron chi connectivity index (χ0n) is 14.5. The predicted molar refractivity (Wildman–Crippen MR) is 95.0 cm³/mol. The first-order valence-corrected chi connectivity index (χ1v) is 9.38. The molecule has 3 saturated heterocycles. The first-order chi connectivity index (χ1) is 12.0. The molecule has 0 unspecified atom stereocenters. The van der Waals surface area contributed by atoms with Crippen LogP contribution in [0.25, 0.3) is 10.4 Å². The second kappa shape index (κ2) is 7.40. The van der Waals surface area contributed by atoms with Gasteiger partial charge < -0.3 is 33.2 Å². The largest absolute Gasteiger partial charge is 1.00 e. The lowest BCUT2D eigenvalue weighted by atomic mass is 9.81. The second-order valence-corrected chi connectivity index (χ2v) is 8.13. The van der Waals surface area contributed by atoms with Crippen LogP contribution in [0.5, 0.6) is 0 Å². The highest BCUT2D eigenvalue weighted by molar-refractivity contribution is 7.13. The van der Waals surface area contributed by atoms with Crippen LogP contribution in [0.1, 0.15) is 19.3 Å². The highest BCUT2D eigenvalue weighted by Gasteiger charge is 2.49. The van der Waals surface area contributed by atoms with E-state index in [1.165, 1.54) is 23.5 Å². The van der Waals surface area contributed by atoms with Crippen molar-refractivity contribution in [1.29, 1.82) is 0 Å². The van der Waals surface area contributed by atoms with Crippen molar-refractivity contribution in [1.82, 2.24) is 4.98 Å². The summed E-state index contributed by atoms with van der Waals surface area (Å²) in [5.74, 6) is 0.173. The number of rotatable bonds is 3. The minimum absolute atomic E-state index is 0. The van der Waals surface area contributed by atoms with Crippen molar-refractivity contribution in [3.63, 3.8) is 0 Å². The smallest absolute Gasteiger partial charge is 0.413 e. The molecular formula is C18H21FIN3O2S. The number of carbonyl (C=O) groups excluding carboxylic acids is 1. The van der Waals surface area contributed by atoms with E-state index >= 15 is 0 Å². The predicted octanol–water partition coefficient (Wildman–Crippen LogP) is 0.885. The van der Waals surface area contributed by atoms with E-state index in [2.05, 4.69) is 17.3 Å². The van der Waals surface area contributed by atoms with Gasteiger partial charge in [-0.25, -0.2) is 14.2 Å². The first-order valence-electron chi connectivity index (χ1n) is 8.50. The second-order valence-electron chi connectivity index (χ2n) is 7.27. The summed E-state index contributed by atoms with van der Waals surface area (Å²) in [5.41, 5.74) is 2.16. The van der Waals surface area contributed by atoms with Gasteiger partial charge >= 0.3 is 6.09 Å². The number of nitrogens with zero attached hydrogens (tertiary/aromatic N) is 2. The van der Waals surface area contributed by atoms with Crippen molar-refractivity contribution in [3.05, 3.63) is 35.6 Å². The number of ether oxygens (including phenoxy) is 1. The van der Waals surface area contributed by atoms with E-state index in [9.17, 15) is 9.18 Å². The molecule has 0 atom stereocenters. The number of hydrogen-bond donors (Lipinski definition) is 1. The fourth-order valence-corrected chi connectivity index (χ4v) is 4.50. The van der Waals surface area contributed by atoms with Gasteiger partial charge in [0, 0.05) is 19.3 Å². The quantitative estimate of drug-likeness (QED) is 0.515. The van der Waals surface area contributed by atoms with Crippen LogP contribution in [0.4, 0.5) is 15.0 Å². The number of halogens is 2. The lowest BCUT2D eigenvalue weighted by Crippen LogP contribution is -3.00. The molecule has 0 spiro atoms. The van der Waals surface area contributed by atoms with Gasteiger partial charge in [0.15, 0.2) is 5.82 Å². The Morgan fingerprint density at radius 3 is 2.46 bits per heavy atom. The Kier molecular flexibility index (Phi) is 5.55. The Balaban J connectivity index is 0.00000196. The maximum absolute atomic E-state index is 13.1. The van der Waals surface area contributed by atoms with Crippen molar-refractivity contribution in [2.75, 3.05) is 32.0 Å². The standard InChI is InChI=1S/C18H20FN3O2S.HI/c1-22-9-6-18(7-10-22,8-11-22)24-17(23)21-16-15(25-12-20-16)13-2-4-14(19)5-3-13;/h2-5,12H,6-11H2,1H3;1H. The van der Waals surface area contributed by atoms with Crippen LogP contribution in [0.2, 0.25) is 0 Å². The third-order valence-electron chi connectivity index (χ3n) is 5.53. The fraction of sp³-hybridized carbons (Fsp3) is 0.444. The van der Waals surface area contributed by atoms with Gasteiger partial charge in [0.25, 0.3) is 0 Å². The number of fused-ring (bicyclic) bond motifs is 3. The van der Waals surface area contributed by atoms with E-state index in [0.717, 1.165) is 53.8 Å². The van der Waals surface area contributed by atoms with Crippen LogP contribution < -0.4 is 29.3 Å². The topological polar surface area (TPSA) is 51.2 Å². The number of piperidine rings is 3. The monoisotopic (exact) mass is 489 g/mol. The van der Waals surface area contributed by atoms with Crippen LogP contribution in [0.3, 0.4) is 0 Å². The van der Waals surface area contributed by atoms with Crippen molar-refractivity contribution >= 4 is 23.2 Å². The molecule has 1 N–H and O–H groups in total. The van der Waals surface area contributed by atoms with Crippen LogP contribution in [-0.2, 0) is 4.74 Å². The SMILES string of the molecule is C[N+]12CCC(OC(=O)Nc3ncsc3-c3ccc(F)cc3)(CC1)CC2.[I-]. The third kappa shape index (κ3) is 3.86. The zero-order valence-corrected chi connectivity index (χ0v) is 17.5. The number of quaternary nitrogens is 1. The third-order valence-corrected chi connectivity index (χ3v) is 6.40. The molecule has 140 valence electrons. The molecule has 0 radical (unpaired) electrons. The summed E-state index contributed by atoms with van der Waals surface area (Å²) >= 11 is 1.40. The molecule has 0 aliphatic carbocycles. The average Bonchev–Trinajstić information content (AvgIpc) is 3.05. The normalized spacial score (nSPS) is 26.8. The van der Waals surface area contributed by atoms with Gasteiger partial charge in [-0.3, -0.25) is 5.32 Å². The Morgan fingerprint density at radius 2 is 1.85 bits per heavy atom. The summed E-state index contributed by atoms with van der Waals surface area (Å²) < 4.78 is 20.0. The van der Waals surface area contributed by atoms with Crippen LogP contribution in [0, 0.1) is 5.82 Å². The Hall–Kier alpha value is -1.26. The van der Waals surface area contributed by atoms with E-state index in [4.69, 9.17) is 4.74 Å². The summed E-state index contributed by atoms with van der Waals surface area (Å²) in [5, 5.41) is 2.78. The van der Waals surface area contributed by atoms with E-state index < -0.39 is 6.09 Å². The van der Waals surface area contributed by atoms with Crippen molar-refractivity contribution in [2.24, 2.45) is 0 Å². The highest BCUT2D eigenvalue weighted by Crippen LogP contribution is 2.39. The van der Waals surface area contributed by atoms with Crippen molar-refractivity contribution < 1.29 is 42.4 Å². The van der Waals surface area contributed by atoms with E-state index in [0.29, 0.717) is 5.82 Å². The summed E-state index contributed by atoms with van der Waals surface area (Å²) in [4.78, 5) is 17.5. The molecule has 3 aliphatic heterocycles. The number of nitrogens with one attached hydrogen (secondary N) is 1. The van der Waals surface area contributed by atoms with E-state index in [1.54, 1.807) is 17.6 Å². The summed E-state index contributed by atoms with van der Waals surface area (Å²) in [6.45, 7) is 3.18. The van der Waals surface area contributed by atoms with Gasteiger partial charge in [-0.1, -0.05) is 12.1 Å². The molecule has 26 heavy (non-hydrogen) atoms. The molecule has 1 aromatic carbocycles. The van der Waals surface area contributed by atoms with Gasteiger partial charge in [0.1, 0.15) is 11.4 Å².